The van der Waals surface area contributed by atoms with E-state index in [0.717, 1.165) is 11.8 Å². The first-order chi connectivity index (χ1) is 3.45. The zero-order valence-corrected chi connectivity index (χ0v) is 4.28. The third kappa shape index (κ3) is 0.383. The second-order valence-electron chi connectivity index (χ2n) is 2.50. The van der Waals surface area contributed by atoms with Gasteiger partial charge in [-0.05, 0) is 19.3 Å². The Balaban J connectivity index is 2.33. The number of hydrogen-bond donors (Lipinski definition) is 0. The van der Waals surface area contributed by atoms with Gasteiger partial charge in [0.1, 0.15) is 0 Å². The molecule has 7 heavy (non-hydrogen) atoms. The Morgan fingerprint density at radius 3 is 1.71 bits per heavy atom. The van der Waals surface area contributed by atoms with Crippen molar-refractivity contribution in [3.63, 3.8) is 0 Å². The van der Waals surface area contributed by atoms with Crippen LogP contribution in [0.2, 0.25) is 0 Å². The van der Waals surface area contributed by atoms with Crippen LogP contribution >= 0.6 is 0 Å². The number of rotatable bonds is 0. The molecular weight excluding hydrogens is 84.1 g/mol. The van der Waals surface area contributed by atoms with Crippen LogP contribution < -0.4 is 0 Å². The Labute approximate surface area is 43.9 Å². The van der Waals surface area contributed by atoms with E-state index in [9.17, 15) is 0 Å². The predicted octanol–water partition coefficient (Wildman–Crippen LogP) is 1.42. The molecule has 36 valence electrons. The molecule has 1 saturated carbocycles. The highest BCUT2D eigenvalue weighted by atomic mass is 14.3. The Kier molecular flexibility index (Phi) is 0.526. The van der Waals surface area contributed by atoms with Gasteiger partial charge in [-0.3, -0.25) is 0 Å². The summed E-state index contributed by atoms with van der Waals surface area (Å²) < 4.78 is 0. The molecule has 0 spiro atoms. The molecule has 0 nitrogen and oxygen atoms in total. The molecule has 2 aliphatic rings. The SMILES string of the molecule is C1#CC2CCC1C2. The fourth-order valence-electron chi connectivity index (χ4n) is 1.48. The number of fused-ring (bicyclic) bond motifs is 2. The summed E-state index contributed by atoms with van der Waals surface area (Å²) in [5.41, 5.74) is 0. The molecular formula is C7H8. The summed E-state index contributed by atoms with van der Waals surface area (Å²) >= 11 is 0. The molecule has 0 aromatic heterocycles. The summed E-state index contributed by atoms with van der Waals surface area (Å²) in [7, 11) is 0. The zero-order valence-electron chi connectivity index (χ0n) is 4.28. The highest BCUT2D eigenvalue weighted by Crippen LogP contribution is 2.33. The van der Waals surface area contributed by atoms with Crippen molar-refractivity contribution in [1.82, 2.24) is 0 Å². The van der Waals surface area contributed by atoms with Crippen molar-refractivity contribution < 1.29 is 0 Å². The summed E-state index contributed by atoms with van der Waals surface area (Å²) in [6.45, 7) is 0. The first-order valence-corrected chi connectivity index (χ1v) is 2.96. The van der Waals surface area contributed by atoms with E-state index >= 15 is 0 Å². The molecule has 0 aromatic carbocycles. The zero-order chi connectivity index (χ0) is 4.69. The first-order valence-electron chi connectivity index (χ1n) is 2.96. The van der Waals surface area contributed by atoms with Crippen LogP contribution in [-0.4, -0.2) is 0 Å². The van der Waals surface area contributed by atoms with Crippen molar-refractivity contribution in [3.05, 3.63) is 0 Å². The van der Waals surface area contributed by atoms with Crippen molar-refractivity contribution in [1.29, 1.82) is 0 Å². The van der Waals surface area contributed by atoms with Gasteiger partial charge in [0.2, 0.25) is 0 Å². The van der Waals surface area contributed by atoms with Crippen LogP contribution in [0.5, 0.6) is 0 Å². The summed E-state index contributed by atoms with van der Waals surface area (Å²) in [4.78, 5) is 0. The van der Waals surface area contributed by atoms with E-state index < -0.39 is 0 Å². The summed E-state index contributed by atoms with van der Waals surface area (Å²) in [6, 6.07) is 0. The van der Waals surface area contributed by atoms with Gasteiger partial charge in [-0.25, -0.2) is 0 Å². The smallest absolute Gasteiger partial charge is 0.0215 e. The molecule has 0 radical (unpaired) electrons. The lowest BCUT2D eigenvalue weighted by Gasteiger charge is -1.92. The van der Waals surface area contributed by atoms with Crippen LogP contribution in [0.1, 0.15) is 19.3 Å². The van der Waals surface area contributed by atoms with E-state index in [-0.39, 0.29) is 0 Å². The average Bonchev–Trinajstić information content (AvgIpc) is 2.22. The molecule has 0 heterocycles. The minimum absolute atomic E-state index is 0.810. The molecule has 0 saturated heterocycles. The molecule has 2 aliphatic carbocycles. The van der Waals surface area contributed by atoms with Gasteiger partial charge in [-0.1, -0.05) is 11.8 Å². The number of hydrogen-bond acceptors (Lipinski definition) is 0. The van der Waals surface area contributed by atoms with Crippen molar-refractivity contribution in [3.8, 4) is 11.8 Å². The van der Waals surface area contributed by atoms with Gasteiger partial charge in [-0.2, -0.15) is 0 Å². The van der Waals surface area contributed by atoms with Gasteiger partial charge in [0.15, 0.2) is 0 Å². The average molecular weight is 92.1 g/mol. The fraction of sp³-hybridized carbons (Fsp3) is 0.714. The lowest BCUT2D eigenvalue weighted by Crippen LogP contribution is -1.83. The van der Waals surface area contributed by atoms with Gasteiger partial charge < -0.3 is 0 Å². The van der Waals surface area contributed by atoms with Gasteiger partial charge in [-0.15, -0.1) is 0 Å². The maximum Gasteiger partial charge on any atom is 0.0215 e. The molecule has 2 rings (SSSR count). The highest BCUT2D eigenvalue weighted by molar-refractivity contribution is 5.18. The van der Waals surface area contributed by atoms with E-state index in [2.05, 4.69) is 11.8 Å². The molecule has 0 aromatic rings. The molecule has 2 atom stereocenters. The van der Waals surface area contributed by atoms with Crippen LogP contribution in [0.4, 0.5) is 0 Å². The van der Waals surface area contributed by atoms with Gasteiger partial charge in [0, 0.05) is 11.8 Å². The molecule has 0 heteroatoms. The molecule has 2 unspecified atom stereocenters. The van der Waals surface area contributed by atoms with Crippen LogP contribution in [0.15, 0.2) is 0 Å². The lowest BCUT2D eigenvalue weighted by molar-refractivity contribution is 0.702. The molecule has 1 fully saturated rings. The Bertz CT molecular complexity index is 122. The third-order valence-corrected chi connectivity index (χ3v) is 1.92. The monoisotopic (exact) mass is 92.1 g/mol. The van der Waals surface area contributed by atoms with Crippen molar-refractivity contribution in [2.45, 2.75) is 19.3 Å². The van der Waals surface area contributed by atoms with E-state index in [4.69, 9.17) is 0 Å². The third-order valence-electron chi connectivity index (χ3n) is 1.92. The standard InChI is InChI=1S/C7H8/c1-2-7-4-3-6(1)5-7/h6-7H,1-2,5H2. The largest absolute Gasteiger partial charge is 0.0996 e. The summed E-state index contributed by atoms with van der Waals surface area (Å²) in [5, 5.41) is 0. The predicted molar refractivity (Wildman–Crippen MR) is 28.6 cm³/mol. The molecule has 0 aliphatic heterocycles. The first kappa shape index (κ1) is 3.55. The van der Waals surface area contributed by atoms with Gasteiger partial charge >= 0.3 is 0 Å². The Morgan fingerprint density at radius 1 is 1.00 bits per heavy atom. The van der Waals surface area contributed by atoms with Crippen LogP contribution in [0.3, 0.4) is 0 Å². The highest BCUT2D eigenvalue weighted by Gasteiger charge is 2.25. The van der Waals surface area contributed by atoms with Crippen LogP contribution in [-0.2, 0) is 0 Å². The Morgan fingerprint density at radius 2 is 1.57 bits per heavy atom. The van der Waals surface area contributed by atoms with Crippen molar-refractivity contribution in [2.75, 3.05) is 0 Å². The van der Waals surface area contributed by atoms with Gasteiger partial charge in [0.25, 0.3) is 0 Å². The van der Waals surface area contributed by atoms with Crippen molar-refractivity contribution in [2.24, 2.45) is 11.8 Å². The van der Waals surface area contributed by atoms with E-state index in [1.54, 1.807) is 0 Å². The minimum Gasteiger partial charge on any atom is -0.0996 e. The van der Waals surface area contributed by atoms with E-state index in [0.29, 0.717) is 0 Å². The molecule has 0 N–H and O–H groups in total. The van der Waals surface area contributed by atoms with Gasteiger partial charge in [0.05, 0.1) is 0 Å². The molecule has 0 amide bonds. The summed E-state index contributed by atoms with van der Waals surface area (Å²) in [5.74, 6) is 8.03. The molecule has 2 bridgehead atoms. The topological polar surface area (TPSA) is 0 Å². The van der Waals surface area contributed by atoms with Crippen molar-refractivity contribution >= 4 is 0 Å². The second-order valence-corrected chi connectivity index (χ2v) is 2.50. The van der Waals surface area contributed by atoms with Crippen LogP contribution in [0.25, 0.3) is 0 Å². The lowest BCUT2D eigenvalue weighted by atomic mass is 10.1. The summed E-state index contributed by atoms with van der Waals surface area (Å²) in [6.07, 6.45) is 4.13. The van der Waals surface area contributed by atoms with E-state index in [1.165, 1.54) is 19.3 Å². The minimum atomic E-state index is 0.810. The van der Waals surface area contributed by atoms with E-state index in [1.807, 2.05) is 0 Å². The fourth-order valence-corrected chi connectivity index (χ4v) is 1.48. The maximum absolute atomic E-state index is 3.21. The van der Waals surface area contributed by atoms with Crippen LogP contribution in [0, 0.1) is 23.7 Å². The Hall–Kier alpha value is -0.440. The second kappa shape index (κ2) is 1.04. The maximum atomic E-state index is 3.21. The normalized spacial score (nSPS) is 43.4. The quantitative estimate of drug-likeness (QED) is 0.396.